The summed E-state index contributed by atoms with van der Waals surface area (Å²) < 4.78 is 1.40. The summed E-state index contributed by atoms with van der Waals surface area (Å²) in [6, 6.07) is 6.49. The lowest BCUT2D eigenvalue weighted by molar-refractivity contribution is -0.396. The van der Waals surface area contributed by atoms with Crippen molar-refractivity contribution in [1.82, 2.24) is 14.9 Å². The van der Waals surface area contributed by atoms with E-state index < -0.39 is 10.7 Å². The van der Waals surface area contributed by atoms with Crippen LogP contribution in [-0.2, 0) is 6.54 Å². The summed E-state index contributed by atoms with van der Waals surface area (Å²) in [5.41, 5.74) is 0.659. The molecule has 0 spiro atoms. The van der Waals surface area contributed by atoms with Crippen molar-refractivity contribution in [2.75, 3.05) is 6.54 Å². The molecule has 0 amide bonds. The molecule has 0 saturated heterocycles. The number of nitro groups is 1. The predicted octanol–water partition coefficient (Wildman–Crippen LogP) is 2.30. The first-order chi connectivity index (χ1) is 12.0. The van der Waals surface area contributed by atoms with E-state index in [1.807, 2.05) is 0 Å². The van der Waals surface area contributed by atoms with Crippen LogP contribution in [0.1, 0.15) is 27.1 Å². The van der Waals surface area contributed by atoms with Gasteiger partial charge in [-0.15, -0.1) is 0 Å². The van der Waals surface area contributed by atoms with Gasteiger partial charge in [0.25, 0.3) is 0 Å². The smallest absolute Gasteiger partial charge is 0.390 e. The molecule has 1 aromatic heterocycles. The second-order valence-electron chi connectivity index (χ2n) is 5.35. The van der Waals surface area contributed by atoms with Gasteiger partial charge in [0.2, 0.25) is 11.6 Å². The number of carbonyl (C=O) groups is 2. The summed E-state index contributed by atoms with van der Waals surface area (Å²) in [6.07, 6.45) is 3.34. The Kier molecular flexibility index (Phi) is 4.62. The molecule has 0 saturated carbocycles. The maximum Gasteiger partial charge on any atom is 0.434 e. The van der Waals surface area contributed by atoms with Crippen molar-refractivity contribution in [1.29, 1.82) is 0 Å². The average Bonchev–Trinajstić information content (AvgIpc) is 3.08. The van der Waals surface area contributed by atoms with Crippen LogP contribution >= 0.6 is 11.6 Å². The normalized spacial score (nSPS) is 13.8. The topological polar surface area (TPSA) is 107 Å². The van der Waals surface area contributed by atoms with Crippen LogP contribution < -0.4 is 5.32 Å². The molecular formula is C16H13ClN4O4. The minimum atomic E-state index is -0.562. The van der Waals surface area contributed by atoms with Gasteiger partial charge >= 0.3 is 5.95 Å². The number of aryl methyl sites for hydroxylation is 1. The second-order valence-corrected chi connectivity index (χ2v) is 5.73. The zero-order chi connectivity index (χ0) is 18.0. The molecule has 0 radical (unpaired) electrons. The van der Waals surface area contributed by atoms with Crippen LogP contribution in [0.2, 0.25) is 0 Å². The van der Waals surface area contributed by atoms with Gasteiger partial charge in [-0.1, -0.05) is 40.9 Å². The number of nitrogens with one attached hydrogen (secondary N) is 1. The van der Waals surface area contributed by atoms with Gasteiger partial charge in [0.15, 0.2) is 0 Å². The highest BCUT2D eigenvalue weighted by Gasteiger charge is 2.30. The Bertz CT molecular complexity index is 903. The van der Waals surface area contributed by atoms with Crippen LogP contribution in [0.3, 0.4) is 0 Å². The summed E-state index contributed by atoms with van der Waals surface area (Å²) in [7, 11) is 0. The molecule has 1 aliphatic rings. The Balaban J connectivity index is 1.66. The lowest BCUT2D eigenvalue weighted by Crippen LogP contribution is -2.30. The van der Waals surface area contributed by atoms with Gasteiger partial charge in [-0.2, -0.15) is 0 Å². The number of carbonyl (C=O) groups excluding carboxylic acids is 2. The van der Waals surface area contributed by atoms with Crippen molar-refractivity contribution < 1.29 is 14.5 Å². The highest BCUT2D eigenvalue weighted by Crippen LogP contribution is 2.27. The number of fused-ring (bicyclic) bond motifs is 1. The lowest BCUT2D eigenvalue weighted by atomic mass is 9.92. The Hall–Kier alpha value is -3.00. The van der Waals surface area contributed by atoms with Crippen molar-refractivity contribution in [3.63, 3.8) is 0 Å². The van der Waals surface area contributed by atoms with Crippen LogP contribution in [0.25, 0.3) is 0 Å². The Labute approximate surface area is 147 Å². The number of benzene rings is 1. The third kappa shape index (κ3) is 3.16. The number of Topliss-reactive ketones (excluding diaryl/α,β-unsaturated/α-hetero) is 2. The first-order valence-corrected chi connectivity index (χ1v) is 7.86. The fourth-order valence-electron chi connectivity index (χ4n) is 2.61. The van der Waals surface area contributed by atoms with Gasteiger partial charge in [0.05, 0.1) is 6.54 Å². The SMILES string of the molecule is O=C1C(Cl)=C(NCCCn2ccnc2[N+](=O)[O-])C(=O)c2ccccc21. The maximum absolute atomic E-state index is 12.5. The molecule has 0 bridgehead atoms. The lowest BCUT2D eigenvalue weighted by Gasteiger charge is -2.18. The minimum Gasteiger partial charge on any atom is -0.390 e. The highest BCUT2D eigenvalue weighted by molar-refractivity contribution is 6.49. The zero-order valence-electron chi connectivity index (χ0n) is 12.9. The zero-order valence-corrected chi connectivity index (χ0v) is 13.7. The summed E-state index contributed by atoms with van der Waals surface area (Å²) in [5.74, 6) is -0.978. The fraction of sp³-hybridized carbons (Fsp3) is 0.188. The largest absolute Gasteiger partial charge is 0.434 e. The van der Waals surface area contributed by atoms with Crippen LogP contribution in [0.5, 0.6) is 0 Å². The van der Waals surface area contributed by atoms with Crippen molar-refractivity contribution in [2.24, 2.45) is 0 Å². The molecule has 128 valence electrons. The molecule has 0 fully saturated rings. The van der Waals surface area contributed by atoms with Gasteiger partial charge in [-0.3, -0.25) is 9.59 Å². The van der Waals surface area contributed by atoms with Crippen molar-refractivity contribution in [3.05, 3.63) is 68.6 Å². The van der Waals surface area contributed by atoms with E-state index in [1.54, 1.807) is 24.3 Å². The van der Waals surface area contributed by atoms with Gasteiger partial charge < -0.3 is 15.4 Å². The first kappa shape index (κ1) is 16.8. The van der Waals surface area contributed by atoms with Gasteiger partial charge in [-0.05, 0) is 11.3 Å². The van der Waals surface area contributed by atoms with Crippen molar-refractivity contribution in [2.45, 2.75) is 13.0 Å². The monoisotopic (exact) mass is 360 g/mol. The molecule has 1 aliphatic carbocycles. The third-order valence-corrected chi connectivity index (χ3v) is 4.16. The van der Waals surface area contributed by atoms with Crippen molar-refractivity contribution >= 4 is 29.1 Å². The van der Waals surface area contributed by atoms with Crippen molar-refractivity contribution in [3.8, 4) is 0 Å². The number of imidazole rings is 1. The molecular weight excluding hydrogens is 348 g/mol. The highest BCUT2D eigenvalue weighted by atomic mass is 35.5. The number of rotatable bonds is 6. The number of halogens is 1. The van der Waals surface area contributed by atoms with E-state index >= 15 is 0 Å². The quantitative estimate of drug-likeness (QED) is 0.481. The number of nitrogens with zero attached hydrogens (tertiary/aromatic N) is 3. The van der Waals surface area contributed by atoms with E-state index in [2.05, 4.69) is 10.3 Å². The molecule has 25 heavy (non-hydrogen) atoms. The fourth-order valence-corrected chi connectivity index (χ4v) is 2.87. The van der Waals surface area contributed by atoms with Gasteiger partial charge in [0, 0.05) is 17.7 Å². The number of ketones is 2. The standard InChI is InChI=1S/C16H13ClN4O4/c17-12-13(15(23)11-5-2-1-4-10(11)14(12)22)18-6-3-8-20-9-7-19-16(20)21(24)25/h1-2,4-5,7,9,18H,3,6,8H2. The summed E-state index contributed by atoms with van der Waals surface area (Å²) >= 11 is 6.04. The van der Waals surface area contributed by atoms with Crippen LogP contribution in [0, 0.1) is 10.1 Å². The molecule has 1 aromatic carbocycles. The summed E-state index contributed by atoms with van der Waals surface area (Å²) in [5, 5.41) is 13.5. The van der Waals surface area contributed by atoms with Crippen LogP contribution in [-0.4, -0.2) is 32.6 Å². The Morgan fingerprint density at radius 2 is 1.88 bits per heavy atom. The second kappa shape index (κ2) is 6.86. The number of aromatic nitrogens is 2. The van der Waals surface area contributed by atoms with Gasteiger partial charge in [0.1, 0.15) is 23.1 Å². The minimum absolute atomic E-state index is 0.0606. The molecule has 0 unspecified atom stereocenters. The summed E-state index contributed by atoms with van der Waals surface area (Å²) in [4.78, 5) is 38.6. The molecule has 3 rings (SSSR count). The predicted molar refractivity (Wildman–Crippen MR) is 89.5 cm³/mol. The Morgan fingerprint density at radius 1 is 1.20 bits per heavy atom. The third-order valence-electron chi connectivity index (χ3n) is 3.80. The van der Waals surface area contributed by atoms with E-state index in [4.69, 9.17) is 11.6 Å². The molecule has 0 atom stereocenters. The molecule has 1 heterocycles. The molecule has 8 nitrogen and oxygen atoms in total. The first-order valence-electron chi connectivity index (χ1n) is 7.48. The molecule has 2 aromatic rings. The van der Waals surface area contributed by atoms with Crippen LogP contribution in [0.15, 0.2) is 47.4 Å². The molecule has 9 heteroatoms. The number of hydrogen-bond acceptors (Lipinski definition) is 6. The molecule has 1 N–H and O–H groups in total. The van der Waals surface area contributed by atoms with Crippen LogP contribution in [0.4, 0.5) is 5.95 Å². The number of allylic oxidation sites excluding steroid dienone is 2. The van der Waals surface area contributed by atoms with E-state index in [0.29, 0.717) is 25.1 Å². The average molecular weight is 361 g/mol. The van der Waals surface area contributed by atoms with E-state index in [1.165, 1.54) is 17.0 Å². The number of hydrogen-bond donors (Lipinski definition) is 1. The van der Waals surface area contributed by atoms with E-state index in [0.717, 1.165) is 0 Å². The van der Waals surface area contributed by atoms with Gasteiger partial charge in [-0.25, -0.2) is 4.57 Å². The maximum atomic E-state index is 12.5. The molecule has 0 aliphatic heterocycles. The van der Waals surface area contributed by atoms with E-state index in [-0.39, 0.29) is 28.0 Å². The van der Waals surface area contributed by atoms with E-state index in [9.17, 15) is 19.7 Å². The summed E-state index contributed by atoms with van der Waals surface area (Å²) in [6.45, 7) is 0.662. The Morgan fingerprint density at radius 3 is 2.56 bits per heavy atom.